The van der Waals surface area contributed by atoms with Gasteiger partial charge in [0, 0.05) is 18.4 Å². The summed E-state index contributed by atoms with van der Waals surface area (Å²) < 4.78 is 35.9. The van der Waals surface area contributed by atoms with Crippen molar-refractivity contribution >= 4 is 11.5 Å². The molecule has 0 bridgehead atoms. The first-order chi connectivity index (χ1) is 8.52. The quantitative estimate of drug-likeness (QED) is 0.781. The lowest BCUT2D eigenvalue weighted by molar-refractivity contribution is -0.00624. The van der Waals surface area contributed by atoms with E-state index in [2.05, 4.69) is 4.98 Å². The van der Waals surface area contributed by atoms with Crippen LogP contribution in [-0.2, 0) is 4.74 Å². The zero-order valence-corrected chi connectivity index (χ0v) is 9.91. The highest BCUT2D eigenvalue weighted by atomic mass is 19.3. The maximum Gasteiger partial charge on any atom is 0.375 e. The van der Waals surface area contributed by atoms with Gasteiger partial charge in [-0.15, -0.1) is 0 Å². The summed E-state index contributed by atoms with van der Waals surface area (Å²) in [5, 5.41) is 0. The minimum Gasteiger partial charge on any atom is -0.460 e. The normalized spacial score (nSPS) is 18.3. The molecule has 0 aliphatic heterocycles. The van der Waals surface area contributed by atoms with Crippen LogP contribution < -0.4 is 0 Å². The number of halogens is 2. The maximum atomic E-state index is 13.0. The van der Waals surface area contributed by atoms with E-state index in [0.717, 1.165) is 0 Å². The number of carbonyl (C=O) groups is 1. The Kier molecular flexibility index (Phi) is 3.45. The molecule has 0 aromatic carbocycles. The van der Waals surface area contributed by atoms with Crippen molar-refractivity contribution in [2.75, 3.05) is 6.61 Å². The number of hydrogen-bond donors (Lipinski definition) is 0. The van der Waals surface area contributed by atoms with E-state index in [9.17, 15) is 13.6 Å². The molecule has 0 N–H and O–H groups in total. The number of alkyl halides is 2. The lowest BCUT2D eigenvalue weighted by Crippen LogP contribution is -2.18. The van der Waals surface area contributed by atoms with Crippen LogP contribution in [0, 0.1) is 0 Å². The Morgan fingerprint density at radius 3 is 3.00 bits per heavy atom. The molecule has 98 valence electrons. The fourth-order valence-electron chi connectivity index (χ4n) is 1.71. The Morgan fingerprint density at radius 2 is 2.39 bits per heavy atom. The molecular formula is C12H13F2NO3. The summed E-state index contributed by atoms with van der Waals surface area (Å²) in [6, 6.07) is 0. The highest BCUT2D eigenvalue weighted by Crippen LogP contribution is 2.35. The smallest absolute Gasteiger partial charge is 0.375 e. The topological polar surface area (TPSA) is 52.3 Å². The molecule has 1 aliphatic carbocycles. The number of esters is 1. The van der Waals surface area contributed by atoms with Crippen molar-refractivity contribution in [3.8, 4) is 0 Å². The van der Waals surface area contributed by atoms with Gasteiger partial charge in [-0.2, -0.15) is 0 Å². The van der Waals surface area contributed by atoms with Crippen molar-refractivity contribution in [2.45, 2.75) is 32.1 Å². The molecule has 1 aromatic heterocycles. The van der Waals surface area contributed by atoms with E-state index in [1.54, 1.807) is 6.92 Å². The van der Waals surface area contributed by atoms with Crippen molar-refractivity contribution in [2.24, 2.45) is 0 Å². The summed E-state index contributed by atoms with van der Waals surface area (Å²) in [6.07, 6.45) is 2.30. The Hall–Kier alpha value is -1.72. The van der Waals surface area contributed by atoms with E-state index < -0.39 is 11.9 Å². The van der Waals surface area contributed by atoms with Crippen LogP contribution in [0.1, 0.15) is 42.6 Å². The predicted octanol–water partition coefficient (Wildman–Crippen LogP) is 3.05. The SMILES string of the molecule is CCOC(=O)c1cnc(C2=CCC(F)(F)CC2)o1. The summed E-state index contributed by atoms with van der Waals surface area (Å²) in [5.41, 5.74) is 0.608. The number of carbonyl (C=O) groups excluding carboxylic acids is 1. The third kappa shape index (κ3) is 2.75. The molecule has 0 radical (unpaired) electrons. The molecule has 1 aromatic rings. The molecule has 0 saturated heterocycles. The molecule has 4 nitrogen and oxygen atoms in total. The summed E-state index contributed by atoms with van der Waals surface area (Å²) >= 11 is 0. The standard InChI is InChI=1S/C12H13F2NO3/c1-2-17-11(16)9-7-15-10(18-9)8-3-5-12(13,14)6-4-8/h3,7H,2,4-6H2,1H3. The van der Waals surface area contributed by atoms with Gasteiger partial charge < -0.3 is 9.15 Å². The van der Waals surface area contributed by atoms with Gasteiger partial charge in [0.25, 0.3) is 5.92 Å². The first-order valence-corrected chi connectivity index (χ1v) is 5.72. The molecule has 18 heavy (non-hydrogen) atoms. The van der Waals surface area contributed by atoms with Gasteiger partial charge in [0.1, 0.15) is 0 Å². The molecule has 1 heterocycles. The Balaban J connectivity index is 2.11. The third-order valence-electron chi connectivity index (χ3n) is 2.66. The van der Waals surface area contributed by atoms with Gasteiger partial charge in [-0.3, -0.25) is 0 Å². The van der Waals surface area contributed by atoms with Gasteiger partial charge in [-0.25, -0.2) is 18.6 Å². The van der Waals surface area contributed by atoms with Crippen molar-refractivity contribution in [3.63, 3.8) is 0 Å². The van der Waals surface area contributed by atoms with Crippen molar-refractivity contribution in [1.82, 2.24) is 4.98 Å². The van der Waals surface area contributed by atoms with E-state index in [1.165, 1.54) is 12.3 Å². The number of ether oxygens (including phenoxy) is 1. The van der Waals surface area contributed by atoms with Gasteiger partial charge in [0.2, 0.25) is 11.7 Å². The van der Waals surface area contributed by atoms with Gasteiger partial charge in [-0.1, -0.05) is 6.08 Å². The van der Waals surface area contributed by atoms with E-state index >= 15 is 0 Å². The van der Waals surface area contributed by atoms with Crippen LogP contribution in [0.15, 0.2) is 16.7 Å². The number of allylic oxidation sites excluding steroid dienone is 2. The van der Waals surface area contributed by atoms with E-state index in [0.29, 0.717) is 5.57 Å². The van der Waals surface area contributed by atoms with Crippen LogP contribution in [0.5, 0.6) is 0 Å². The van der Waals surface area contributed by atoms with Crippen LogP contribution in [-0.4, -0.2) is 23.5 Å². The molecule has 0 unspecified atom stereocenters. The highest BCUT2D eigenvalue weighted by molar-refractivity contribution is 5.86. The lowest BCUT2D eigenvalue weighted by Gasteiger charge is -2.19. The van der Waals surface area contributed by atoms with Crippen molar-refractivity contribution in [1.29, 1.82) is 0 Å². The van der Waals surface area contributed by atoms with E-state index in [4.69, 9.17) is 9.15 Å². The van der Waals surface area contributed by atoms with Crippen LogP contribution in [0.3, 0.4) is 0 Å². The zero-order chi connectivity index (χ0) is 13.2. The number of nitrogens with zero attached hydrogens (tertiary/aromatic N) is 1. The molecule has 0 fully saturated rings. The fraction of sp³-hybridized carbons (Fsp3) is 0.500. The Labute approximate surface area is 103 Å². The highest BCUT2D eigenvalue weighted by Gasteiger charge is 2.32. The second-order valence-electron chi connectivity index (χ2n) is 4.04. The minimum absolute atomic E-state index is 0.00918. The second kappa shape index (κ2) is 4.88. The molecule has 1 aliphatic rings. The van der Waals surface area contributed by atoms with Gasteiger partial charge in [-0.05, 0) is 13.3 Å². The summed E-state index contributed by atoms with van der Waals surface area (Å²) in [6.45, 7) is 1.92. The average Bonchev–Trinajstić information content (AvgIpc) is 2.79. The monoisotopic (exact) mass is 257 g/mol. The van der Waals surface area contributed by atoms with Crippen LogP contribution >= 0.6 is 0 Å². The molecule has 0 amide bonds. The van der Waals surface area contributed by atoms with Crippen LogP contribution in [0.25, 0.3) is 5.57 Å². The van der Waals surface area contributed by atoms with Gasteiger partial charge >= 0.3 is 5.97 Å². The Morgan fingerprint density at radius 1 is 1.61 bits per heavy atom. The zero-order valence-electron chi connectivity index (χ0n) is 9.91. The van der Waals surface area contributed by atoms with Crippen LogP contribution in [0.4, 0.5) is 8.78 Å². The molecule has 2 rings (SSSR count). The van der Waals surface area contributed by atoms with Crippen molar-refractivity contribution < 1.29 is 22.7 Å². The second-order valence-corrected chi connectivity index (χ2v) is 4.04. The molecule has 6 heteroatoms. The molecule has 0 atom stereocenters. The van der Waals surface area contributed by atoms with Gasteiger partial charge in [0.05, 0.1) is 12.8 Å². The number of hydrogen-bond acceptors (Lipinski definition) is 4. The third-order valence-corrected chi connectivity index (χ3v) is 2.66. The first kappa shape index (κ1) is 12.7. The number of aromatic nitrogens is 1. The van der Waals surface area contributed by atoms with Crippen molar-refractivity contribution in [3.05, 3.63) is 23.9 Å². The lowest BCUT2D eigenvalue weighted by atomic mass is 9.96. The average molecular weight is 257 g/mol. The molecular weight excluding hydrogens is 244 g/mol. The Bertz CT molecular complexity index is 479. The maximum absolute atomic E-state index is 13.0. The largest absolute Gasteiger partial charge is 0.460 e. The minimum atomic E-state index is -2.65. The van der Waals surface area contributed by atoms with E-state index in [1.807, 2.05) is 0 Å². The van der Waals surface area contributed by atoms with Crippen LogP contribution in [0.2, 0.25) is 0 Å². The first-order valence-electron chi connectivity index (χ1n) is 5.72. The number of rotatable bonds is 3. The molecule has 0 spiro atoms. The predicted molar refractivity (Wildman–Crippen MR) is 59.2 cm³/mol. The number of oxazole rings is 1. The van der Waals surface area contributed by atoms with Gasteiger partial charge in [0.15, 0.2) is 0 Å². The summed E-state index contributed by atoms with van der Waals surface area (Å²) in [5.74, 6) is -3.04. The van der Waals surface area contributed by atoms with E-state index in [-0.39, 0.29) is 37.5 Å². The summed E-state index contributed by atoms with van der Waals surface area (Å²) in [7, 11) is 0. The fourth-order valence-corrected chi connectivity index (χ4v) is 1.71. The molecule has 0 saturated carbocycles. The summed E-state index contributed by atoms with van der Waals surface area (Å²) in [4.78, 5) is 15.3.